The first-order chi connectivity index (χ1) is 12.5. The summed E-state index contributed by atoms with van der Waals surface area (Å²) < 4.78 is 0. The predicted octanol–water partition coefficient (Wildman–Crippen LogP) is 3.75. The highest BCUT2D eigenvalue weighted by molar-refractivity contribution is 6.30. The standard InChI is InChI=1S/C20H23ClN2O3/c21-17-6-1-4-15(12-17)16-5-2-7-18(13-16)22-19(25)23-10-3-8-20(26,14-24)9-11-23/h1-2,4-7,12-13,24,26H,3,8-11,14H2,(H,22,25)/t20-/m1/s1. The van der Waals surface area contributed by atoms with Crippen molar-refractivity contribution in [1.29, 1.82) is 0 Å². The zero-order valence-corrected chi connectivity index (χ0v) is 15.2. The summed E-state index contributed by atoms with van der Waals surface area (Å²) >= 11 is 6.06. The molecular formula is C20H23ClN2O3. The number of hydrogen-bond acceptors (Lipinski definition) is 3. The Morgan fingerprint density at radius 3 is 2.58 bits per heavy atom. The molecule has 1 aliphatic rings. The predicted molar refractivity (Wildman–Crippen MR) is 103 cm³/mol. The molecule has 0 radical (unpaired) electrons. The molecule has 0 unspecified atom stereocenters. The Bertz CT molecular complexity index is 783. The number of carbonyl (C=O) groups is 1. The number of nitrogens with zero attached hydrogens (tertiary/aromatic N) is 1. The third-order valence-corrected chi connectivity index (χ3v) is 5.01. The van der Waals surface area contributed by atoms with E-state index in [0.29, 0.717) is 43.1 Å². The van der Waals surface area contributed by atoms with Crippen LogP contribution < -0.4 is 5.32 Å². The summed E-state index contributed by atoms with van der Waals surface area (Å²) in [5.74, 6) is 0. The van der Waals surface area contributed by atoms with Crippen LogP contribution >= 0.6 is 11.6 Å². The first kappa shape index (κ1) is 18.7. The molecule has 5 nitrogen and oxygen atoms in total. The van der Waals surface area contributed by atoms with Crippen molar-refractivity contribution in [2.45, 2.75) is 24.9 Å². The number of halogens is 1. The Morgan fingerprint density at radius 2 is 1.85 bits per heavy atom. The van der Waals surface area contributed by atoms with Crippen LogP contribution in [0.3, 0.4) is 0 Å². The molecule has 1 heterocycles. The largest absolute Gasteiger partial charge is 0.393 e. The number of rotatable bonds is 3. The van der Waals surface area contributed by atoms with Crippen molar-refractivity contribution >= 4 is 23.3 Å². The van der Waals surface area contributed by atoms with Gasteiger partial charge in [-0.15, -0.1) is 0 Å². The number of nitrogens with one attached hydrogen (secondary N) is 1. The van der Waals surface area contributed by atoms with Gasteiger partial charge in [0.2, 0.25) is 0 Å². The number of likely N-dealkylation sites (tertiary alicyclic amines) is 1. The summed E-state index contributed by atoms with van der Waals surface area (Å²) in [6.45, 7) is 0.698. The summed E-state index contributed by atoms with van der Waals surface area (Å²) in [6, 6.07) is 15.0. The zero-order valence-electron chi connectivity index (χ0n) is 14.5. The van der Waals surface area contributed by atoms with Gasteiger partial charge in [0.1, 0.15) is 0 Å². The summed E-state index contributed by atoms with van der Waals surface area (Å²) in [5.41, 5.74) is 1.57. The van der Waals surface area contributed by atoms with Gasteiger partial charge in [-0.25, -0.2) is 4.79 Å². The minimum absolute atomic E-state index is 0.199. The molecule has 3 rings (SSSR count). The number of aliphatic hydroxyl groups is 2. The Labute approximate surface area is 158 Å². The smallest absolute Gasteiger partial charge is 0.321 e. The van der Waals surface area contributed by atoms with Gasteiger partial charge in [0.05, 0.1) is 12.2 Å². The van der Waals surface area contributed by atoms with Crippen molar-refractivity contribution in [2.75, 3.05) is 25.0 Å². The number of hydrogen-bond donors (Lipinski definition) is 3. The lowest BCUT2D eigenvalue weighted by atomic mass is 9.96. The summed E-state index contributed by atoms with van der Waals surface area (Å²) in [5, 5.41) is 23.1. The molecule has 0 aliphatic carbocycles. The van der Waals surface area contributed by atoms with Crippen LogP contribution in [0.5, 0.6) is 0 Å². The molecule has 6 heteroatoms. The fourth-order valence-corrected chi connectivity index (χ4v) is 3.38. The van der Waals surface area contributed by atoms with Crippen LogP contribution in [0.2, 0.25) is 5.02 Å². The first-order valence-corrected chi connectivity index (χ1v) is 9.12. The van der Waals surface area contributed by atoms with E-state index in [-0.39, 0.29) is 12.6 Å². The third-order valence-electron chi connectivity index (χ3n) is 4.77. The van der Waals surface area contributed by atoms with Crippen LogP contribution in [0.4, 0.5) is 10.5 Å². The number of aliphatic hydroxyl groups excluding tert-OH is 1. The van der Waals surface area contributed by atoms with E-state index in [9.17, 15) is 15.0 Å². The molecule has 0 aromatic heterocycles. The van der Waals surface area contributed by atoms with Gasteiger partial charge in [0.15, 0.2) is 0 Å². The average molecular weight is 375 g/mol. The van der Waals surface area contributed by atoms with Gasteiger partial charge in [-0.1, -0.05) is 35.9 Å². The summed E-state index contributed by atoms with van der Waals surface area (Å²) in [7, 11) is 0. The second-order valence-corrected chi connectivity index (χ2v) is 7.18. The van der Waals surface area contributed by atoms with E-state index in [4.69, 9.17) is 11.6 Å². The maximum atomic E-state index is 12.6. The monoisotopic (exact) mass is 374 g/mol. The Balaban J connectivity index is 1.69. The van der Waals surface area contributed by atoms with Gasteiger partial charge in [-0.05, 0) is 54.7 Å². The maximum absolute atomic E-state index is 12.6. The lowest BCUT2D eigenvalue weighted by molar-refractivity contribution is -0.0247. The lowest BCUT2D eigenvalue weighted by Gasteiger charge is -2.24. The van der Waals surface area contributed by atoms with Crippen LogP contribution in [-0.2, 0) is 0 Å². The molecule has 2 aromatic carbocycles. The molecule has 0 bridgehead atoms. The number of urea groups is 1. The highest BCUT2D eigenvalue weighted by atomic mass is 35.5. The molecule has 138 valence electrons. The minimum atomic E-state index is -1.08. The molecule has 26 heavy (non-hydrogen) atoms. The van der Waals surface area contributed by atoms with Gasteiger partial charge in [-0.3, -0.25) is 0 Å². The normalized spacial score (nSPS) is 20.5. The molecule has 3 N–H and O–H groups in total. The molecule has 2 aromatic rings. The van der Waals surface area contributed by atoms with Crippen molar-refractivity contribution in [3.63, 3.8) is 0 Å². The second kappa shape index (κ2) is 8.08. The molecule has 0 spiro atoms. The fourth-order valence-electron chi connectivity index (χ4n) is 3.19. The molecular weight excluding hydrogens is 352 g/mol. The van der Waals surface area contributed by atoms with Crippen LogP contribution in [0, 0.1) is 0 Å². The third kappa shape index (κ3) is 4.55. The number of benzene rings is 2. The van der Waals surface area contributed by atoms with Gasteiger partial charge in [-0.2, -0.15) is 0 Å². The minimum Gasteiger partial charge on any atom is -0.393 e. The van der Waals surface area contributed by atoms with Gasteiger partial charge < -0.3 is 20.4 Å². The Morgan fingerprint density at radius 1 is 1.12 bits per heavy atom. The van der Waals surface area contributed by atoms with E-state index in [1.807, 2.05) is 48.5 Å². The van der Waals surface area contributed by atoms with Crippen molar-refractivity contribution in [3.05, 3.63) is 53.6 Å². The average Bonchev–Trinajstić information content (AvgIpc) is 2.84. The Hall–Kier alpha value is -2.08. The van der Waals surface area contributed by atoms with Crippen LogP contribution in [-0.4, -0.2) is 46.4 Å². The zero-order chi connectivity index (χ0) is 18.6. The van der Waals surface area contributed by atoms with Crippen LogP contribution in [0.1, 0.15) is 19.3 Å². The molecule has 1 aliphatic heterocycles. The van der Waals surface area contributed by atoms with Gasteiger partial charge >= 0.3 is 6.03 Å². The van der Waals surface area contributed by atoms with E-state index in [0.717, 1.165) is 11.1 Å². The van der Waals surface area contributed by atoms with Gasteiger partial charge in [0, 0.05) is 23.8 Å². The number of carbonyl (C=O) groups excluding carboxylic acids is 1. The summed E-state index contributed by atoms with van der Waals surface area (Å²) in [4.78, 5) is 14.3. The van der Waals surface area contributed by atoms with Crippen molar-refractivity contribution < 1.29 is 15.0 Å². The van der Waals surface area contributed by atoms with Crippen molar-refractivity contribution in [2.24, 2.45) is 0 Å². The second-order valence-electron chi connectivity index (χ2n) is 6.74. The fraction of sp³-hybridized carbons (Fsp3) is 0.350. The molecule has 1 fully saturated rings. The first-order valence-electron chi connectivity index (χ1n) is 8.74. The molecule has 1 atom stereocenters. The molecule has 2 amide bonds. The topological polar surface area (TPSA) is 72.8 Å². The highest BCUT2D eigenvalue weighted by Gasteiger charge is 2.30. The highest BCUT2D eigenvalue weighted by Crippen LogP contribution is 2.26. The van der Waals surface area contributed by atoms with Crippen LogP contribution in [0.15, 0.2) is 48.5 Å². The van der Waals surface area contributed by atoms with E-state index >= 15 is 0 Å². The molecule has 0 saturated carbocycles. The van der Waals surface area contributed by atoms with E-state index in [1.54, 1.807) is 4.90 Å². The summed E-state index contributed by atoms with van der Waals surface area (Å²) in [6.07, 6.45) is 1.53. The quantitative estimate of drug-likeness (QED) is 0.766. The van der Waals surface area contributed by atoms with E-state index in [1.165, 1.54) is 0 Å². The van der Waals surface area contributed by atoms with Crippen LogP contribution in [0.25, 0.3) is 11.1 Å². The van der Waals surface area contributed by atoms with Gasteiger partial charge in [0.25, 0.3) is 0 Å². The number of anilines is 1. The maximum Gasteiger partial charge on any atom is 0.321 e. The molecule has 1 saturated heterocycles. The van der Waals surface area contributed by atoms with E-state index < -0.39 is 5.60 Å². The van der Waals surface area contributed by atoms with E-state index in [2.05, 4.69) is 5.32 Å². The lowest BCUT2D eigenvalue weighted by Crippen LogP contribution is -2.38. The van der Waals surface area contributed by atoms with Crippen molar-refractivity contribution in [3.8, 4) is 11.1 Å². The van der Waals surface area contributed by atoms with Crippen molar-refractivity contribution in [1.82, 2.24) is 4.90 Å². The SMILES string of the molecule is O=C(Nc1cccc(-c2cccc(Cl)c2)c1)N1CCC[C@](O)(CO)CC1. The number of amides is 2. The Kier molecular flexibility index (Phi) is 5.81.